The van der Waals surface area contributed by atoms with Gasteiger partial charge in [0, 0.05) is 0 Å². The Bertz CT molecular complexity index is 830. The van der Waals surface area contributed by atoms with Crippen molar-refractivity contribution in [2.24, 2.45) is 15.9 Å². The number of thioether (sulfide) groups is 2. The Hall–Kier alpha value is -2.06. The van der Waals surface area contributed by atoms with Crippen LogP contribution in [0.25, 0.3) is 0 Å². The van der Waals surface area contributed by atoms with E-state index in [2.05, 4.69) is 15.3 Å². The van der Waals surface area contributed by atoms with Crippen LogP contribution in [0, 0.1) is 5.92 Å². The second-order valence-electron chi connectivity index (χ2n) is 5.65. The molecular weight excluding hydrogens is 358 g/mol. The second kappa shape index (κ2) is 7.45. The van der Waals surface area contributed by atoms with Crippen LogP contribution in [0.5, 0.6) is 5.75 Å². The standard InChI is InChI=1S/C17H17N3O3S2/c1-9-10(2)25-17-15(9)16(23)19-13(20-17)7-24-8-14(22)18-11-5-3-4-6-12(11)21/h3-6,15,21H,7-8H2,1-2H3,(H,18,22). The fourth-order valence-electron chi connectivity index (χ4n) is 2.47. The summed E-state index contributed by atoms with van der Waals surface area (Å²) in [4.78, 5) is 33.7. The number of hydrogen-bond donors (Lipinski definition) is 2. The molecule has 0 aromatic heterocycles. The molecule has 1 aromatic carbocycles. The molecule has 6 nitrogen and oxygen atoms in total. The van der Waals surface area contributed by atoms with Gasteiger partial charge in [-0.1, -0.05) is 23.9 Å². The van der Waals surface area contributed by atoms with Gasteiger partial charge in [-0.25, -0.2) is 4.99 Å². The molecule has 2 amide bonds. The summed E-state index contributed by atoms with van der Waals surface area (Å²) in [5.41, 5.74) is 1.40. The van der Waals surface area contributed by atoms with Crippen molar-refractivity contribution in [1.82, 2.24) is 0 Å². The normalized spacial score (nSPS) is 19.4. The Kier molecular flexibility index (Phi) is 5.29. The summed E-state index contributed by atoms with van der Waals surface area (Å²) in [6.45, 7) is 3.91. The molecule has 1 unspecified atom stereocenters. The largest absolute Gasteiger partial charge is 0.506 e. The Morgan fingerprint density at radius 3 is 2.84 bits per heavy atom. The first-order valence-electron chi connectivity index (χ1n) is 7.66. The van der Waals surface area contributed by atoms with E-state index < -0.39 is 0 Å². The maximum atomic E-state index is 12.2. The average molecular weight is 375 g/mol. The number of phenolic OH excluding ortho intramolecular Hbond substituents is 1. The zero-order chi connectivity index (χ0) is 18.0. The lowest BCUT2D eigenvalue weighted by atomic mass is 10.0. The molecule has 0 saturated carbocycles. The summed E-state index contributed by atoms with van der Waals surface area (Å²) >= 11 is 2.84. The molecule has 1 atom stereocenters. The van der Waals surface area contributed by atoms with E-state index >= 15 is 0 Å². The molecule has 1 aromatic rings. The number of anilines is 1. The van der Waals surface area contributed by atoms with Gasteiger partial charge in [0.05, 0.1) is 22.2 Å². The third-order valence-corrected chi connectivity index (χ3v) is 5.95. The smallest absolute Gasteiger partial charge is 0.261 e. The Morgan fingerprint density at radius 1 is 1.32 bits per heavy atom. The fourth-order valence-corrected chi connectivity index (χ4v) is 4.28. The van der Waals surface area contributed by atoms with Crippen molar-refractivity contribution < 1.29 is 14.7 Å². The number of benzene rings is 1. The Labute approximate surface area is 153 Å². The molecule has 0 radical (unpaired) electrons. The number of aliphatic imine (C=N–C) groups is 2. The van der Waals surface area contributed by atoms with E-state index in [-0.39, 0.29) is 29.2 Å². The summed E-state index contributed by atoms with van der Waals surface area (Å²) in [5, 5.41) is 13.1. The van der Waals surface area contributed by atoms with E-state index in [4.69, 9.17) is 0 Å². The van der Waals surface area contributed by atoms with Crippen LogP contribution in [-0.4, -0.2) is 39.3 Å². The molecule has 2 aliphatic rings. The molecule has 0 saturated heterocycles. The third-order valence-electron chi connectivity index (χ3n) is 3.86. The summed E-state index contributed by atoms with van der Waals surface area (Å²) < 4.78 is 0. The maximum Gasteiger partial charge on any atom is 0.261 e. The van der Waals surface area contributed by atoms with Gasteiger partial charge in [0.25, 0.3) is 5.91 Å². The molecule has 3 rings (SSSR count). The minimum atomic E-state index is -0.317. The van der Waals surface area contributed by atoms with Crippen molar-refractivity contribution in [3.05, 3.63) is 34.7 Å². The molecular formula is C17H17N3O3S2. The van der Waals surface area contributed by atoms with Gasteiger partial charge in [0.15, 0.2) is 0 Å². The Morgan fingerprint density at radius 2 is 2.08 bits per heavy atom. The number of hydrogen-bond acceptors (Lipinski definition) is 6. The summed E-state index contributed by atoms with van der Waals surface area (Å²) in [7, 11) is 0. The van der Waals surface area contributed by atoms with Gasteiger partial charge in [-0.15, -0.1) is 11.8 Å². The van der Waals surface area contributed by atoms with Crippen molar-refractivity contribution in [2.75, 3.05) is 16.8 Å². The van der Waals surface area contributed by atoms with Crippen molar-refractivity contribution in [1.29, 1.82) is 0 Å². The van der Waals surface area contributed by atoms with E-state index in [9.17, 15) is 14.7 Å². The summed E-state index contributed by atoms with van der Waals surface area (Å²) in [6.07, 6.45) is 0. The van der Waals surface area contributed by atoms with Gasteiger partial charge in [-0.2, -0.15) is 4.99 Å². The van der Waals surface area contributed by atoms with E-state index in [0.717, 1.165) is 15.5 Å². The summed E-state index contributed by atoms with van der Waals surface area (Å²) in [5.74, 6) is 0.310. The maximum absolute atomic E-state index is 12.2. The number of amides is 2. The van der Waals surface area contributed by atoms with Crippen molar-refractivity contribution in [3.63, 3.8) is 0 Å². The van der Waals surface area contributed by atoms with Crippen LogP contribution in [0.3, 0.4) is 0 Å². The fraction of sp³-hybridized carbons (Fsp3) is 0.294. The number of para-hydroxylation sites is 2. The molecule has 0 aliphatic carbocycles. The number of amidine groups is 1. The van der Waals surface area contributed by atoms with Crippen molar-refractivity contribution in [3.8, 4) is 5.75 Å². The van der Waals surface area contributed by atoms with Gasteiger partial charge < -0.3 is 10.4 Å². The Balaban J connectivity index is 1.53. The first-order valence-corrected chi connectivity index (χ1v) is 9.63. The van der Waals surface area contributed by atoms with Gasteiger partial charge in [-0.05, 0) is 36.5 Å². The highest BCUT2D eigenvalue weighted by molar-refractivity contribution is 8.17. The third kappa shape index (κ3) is 3.96. The predicted octanol–water partition coefficient (Wildman–Crippen LogP) is 3.06. The average Bonchev–Trinajstić information content (AvgIpc) is 2.84. The minimum Gasteiger partial charge on any atom is -0.506 e. The molecule has 25 heavy (non-hydrogen) atoms. The number of nitrogens with zero attached hydrogens (tertiary/aromatic N) is 2. The molecule has 8 heteroatoms. The van der Waals surface area contributed by atoms with Crippen LogP contribution in [-0.2, 0) is 9.59 Å². The highest BCUT2D eigenvalue weighted by Gasteiger charge is 2.36. The van der Waals surface area contributed by atoms with Crippen LogP contribution >= 0.6 is 23.5 Å². The molecule has 2 N–H and O–H groups in total. The number of fused-ring (bicyclic) bond motifs is 1. The summed E-state index contributed by atoms with van der Waals surface area (Å²) in [6, 6.07) is 6.55. The van der Waals surface area contributed by atoms with E-state index in [1.165, 1.54) is 29.6 Å². The number of carbonyl (C=O) groups is 2. The predicted molar refractivity (Wildman–Crippen MR) is 103 cm³/mol. The number of nitrogens with one attached hydrogen (secondary N) is 1. The zero-order valence-electron chi connectivity index (χ0n) is 13.8. The van der Waals surface area contributed by atoms with Gasteiger partial charge in [0.1, 0.15) is 17.5 Å². The van der Waals surface area contributed by atoms with Crippen LogP contribution < -0.4 is 5.32 Å². The SMILES string of the molecule is CC1=C(C)C2C(=O)N=C(CSCC(=O)Nc3ccccc3O)N=C2S1. The van der Waals surface area contributed by atoms with Gasteiger partial charge in [0.2, 0.25) is 5.91 Å². The van der Waals surface area contributed by atoms with Gasteiger partial charge >= 0.3 is 0 Å². The monoisotopic (exact) mass is 375 g/mol. The zero-order valence-corrected chi connectivity index (χ0v) is 15.4. The lowest BCUT2D eigenvalue weighted by molar-refractivity contribution is -0.118. The van der Waals surface area contributed by atoms with Crippen LogP contribution in [0.4, 0.5) is 5.69 Å². The van der Waals surface area contributed by atoms with E-state index in [0.29, 0.717) is 17.3 Å². The van der Waals surface area contributed by atoms with Crippen LogP contribution in [0.15, 0.2) is 44.7 Å². The van der Waals surface area contributed by atoms with Gasteiger partial charge in [-0.3, -0.25) is 9.59 Å². The van der Waals surface area contributed by atoms with Crippen LogP contribution in [0.2, 0.25) is 0 Å². The lowest BCUT2D eigenvalue weighted by Gasteiger charge is -2.14. The molecule has 130 valence electrons. The number of allylic oxidation sites excluding steroid dienone is 1. The van der Waals surface area contributed by atoms with E-state index in [1.807, 2.05) is 13.8 Å². The lowest BCUT2D eigenvalue weighted by Crippen LogP contribution is -2.26. The second-order valence-corrected chi connectivity index (χ2v) is 7.87. The minimum absolute atomic E-state index is 0.0250. The topological polar surface area (TPSA) is 91.1 Å². The van der Waals surface area contributed by atoms with Crippen LogP contribution in [0.1, 0.15) is 13.8 Å². The molecule has 0 spiro atoms. The number of phenols is 1. The van der Waals surface area contributed by atoms with Crippen molar-refractivity contribution >= 4 is 51.9 Å². The number of carbonyl (C=O) groups excluding carboxylic acids is 2. The number of aromatic hydroxyl groups is 1. The highest BCUT2D eigenvalue weighted by Crippen LogP contribution is 2.40. The molecule has 2 aliphatic heterocycles. The molecule has 0 fully saturated rings. The first kappa shape index (κ1) is 17.8. The van der Waals surface area contributed by atoms with Crippen molar-refractivity contribution in [2.45, 2.75) is 13.8 Å². The highest BCUT2D eigenvalue weighted by atomic mass is 32.2. The van der Waals surface area contributed by atoms with E-state index in [1.54, 1.807) is 18.2 Å². The molecule has 2 heterocycles. The number of rotatable bonds is 5. The first-order chi connectivity index (χ1) is 12.0. The molecule has 0 bridgehead atoms. The quantitative estimate of drug-likeness (QED) is 0.772.